The van der Waals surface area contributed by atoms with Gasteiger partial charge >= 0.3 is 5.97 Å². The van der Waals surface area contributed by atoms with Crippen LogP contribution in [0, 0.1) is 50.2 Å². The number of hydrogen-bond donors (Lipinski definition) is 11. The molecule has 3 heterocycles. The van der Waals surface area contributed by atoms with Gasteiger partial charge in [0.15, 0.2) is 18.7 Å². The molecule has 0 radical (unpaired) electrons. The van der Waals surface area contributed by atoms with Crippen LogP contribution in [0.2, 0.25) is 0 Å². The summed E-state index contributed by atoms with van der Waals surface area (Å²) in [6.07, 6.45) is -12.8. The van der Waals surface area contributed by atoms with Crippen molar-refractivity contribution in [3.63, 3.8) is 0 Å². The normalized spacial score (nSPS) is 50.5. The van der Waals surface area contributed by atoms with Crippen LogP contribution in [0.15, 0.2) is 11.6 Å². The van der Waals surface area contributed by atoms with Crippen molar-refractivity contribution in [2.45, 2.75) is 230 Å². The van der Waals surface area contributed by atoms with Crippen LogP contribution in [0.3, 0.4) is 0 Å². The van der Waals surface area contributed by atoms with Gasteiger partial charge in [0.25, 0.3) is 0 Å². The van der Waals surface area contributed by atoms with Gasteiger partial charge in [0.2, 0.25) is 12.2 Å². The van der Waals surface area contributed by atoms with Crippen molar-refractivity contribution >= 4 is 18.2 Å². The van der Waals surface area contributed by atoms with Crippen LogP contribution in [0.5, 0.6) is 0 Å². The highest BCUT2D eigenvalue weighted by Gasteiger charge is 2.72. The largest absolute Gasteiger partial charge is 0.432 e. The highest BCUT2D eigenvalue weighted by molar-refractivity contribution is 5.80. The molecule has 7 fully saturated rings. The van der Waals surface area contributed by atoms with Crippen molar-refractivity contribution < 1.29 is 88.8 Å². The Hall–Kier alpha value is -2.25. The van der Waals surface area contributed by atoms with E-state index in [4.69, 9.17) is 34.2 Å². The second kappa shape index (κ2) is 21.2. The topological polar surface area (TPSA) is 327 Å². The standard InChI is InChI=1S/C53H86N2O18/c1-26-42(71-44-40(65)37(62)29(58)24-68-44)39(64)41(66)45(69-26)72-43-38(63)36(55-35(61)11-9-8-10-20-54)30(23-56)70-46(43)73-47(67)53-19-18-48(2,3)21-28(53)27-12-13-32-49(4)16-15-33(59)50(5,25-57)31(49)14-17-51(32,6)52(27,7)22-34(53)60/h12,25-26,28-34,36-46,56,58-60,62-66H,8-11,13-24,54H2,1-7H3,(H,55,61)/t26?,28?,29-,30?,31-,32?,33+,34+,36+,37?,38?,39?,40?,41?,42+,43?,44+,45+,46+,49?,50-,51+,52-,53-/m1/s1. The third-order valence-electron chi connectivity index (χ3n) is 20.3. The van der Waals surface area contributed by atoms with E-state index >= 15 is 4.79 Å². The first-order chi connectivity index (χ1) is 34.3. The molecular weight excluding hydrogens is 953 g/mol. The number of allylic oxidation sites excluding steroid dienone is 2. The van der Waals surface area contributed by atoms with Gasteiger partial charge in [-0.25, -0.2) is 0 Å². The Bertz CT molecular complexity index is 2030. The van der Waals surface area contributed by atoms with Gasteiger partial charge in [-0.05, 0) is 124 Å². The Labute approximate surface area is 428 Å². The summed E-state index contributed by atoms with van der Waals surface area (Å²) in [5.41, 5.74) is 2.84. The van der Waals surface area contributed by atoms with Gasteiger partial charge in [-0.3, -0.25) is 9.59 Å². The average molecular weight is 1040 g/mol. The number of aldehydes is 1. The number of carbonyl (C=O) groups is 3. The SMILES string of the molecule is CC1O[C@@H](OC2C(O)[C@@H](NC(=O)CCCCCN)C(CO)O[C@H]2OC(=O)[C@]23CCC(C)(C)CC2C2=CCC4C5(C)CC[C@H](O)[C@](C)(C=O)[C@@H]5CC[C@]4(C)[C@]2(C)C[C@@H]3O)C(O)C(O)[C@H]1O[C@@H]1OC[C@@H](O)C(O)C1O. The third kappa shape index (κ3) is 9.59. The number of aliphatic hydroxyl groups is 9. The van der Waals surface area contributed by atoms with E-state index in [9.17, 15) is 55.5 Å². The number of nitrogens with one attached hydrogen (secondary N) is 1. The zero-order valence-electron chi connectivity index (χ0n) is 43.7. The highest BCUT2D eigenvalue weighted by Crippen LogP contribution is 2.76. The van der Waals surface area contributed by atoms with E-state index in [0.29, 0.717) is 51.5 Å². The van der Waals surface area contributed by atoms with E-state index in [1.165, 1.54) is 6.92 Å². The molecule has 0 aromatic carbocycles. The predicted molar refractivity (Wildman–Crippen MR) is 258 cm³/mol. The molecule has 11 unspecified atom stereocenters. The van der Waals surface area contributed by atoms with Crippen LogP contribution in [0.1, 0.15) is 132 Å². The molecule has 0 spiro atoms. The number of ether oxygens (including phenoxy) is 6. The van der Waals surface area contributed by atoms with Crippen molar-refractivity contribution in [1.82, 2.24) is 5.32 Å². The lowest BCUT2D eigenvalue weighted by Crippen LogP contribution is -2.69. The first-order valence-corrected chi connectivity index (χ1v) is 26.9. The molecule has 20 nitrogen and oxygen atoms in total. The molecule has 3 saturated heterocycles. The number of esters is 1. The van der Waals surface area contributed by atoms with Crippen LogP contribution in [-0.4, -0.2) is 182 Å². The molecule has 4 saturated carbocycles. The number of rotatable bonds is 14. The lowest BCUT2D eigenvalue weighted by Gasteiger charge is -2.71. The summed E-state index contributed by atoms with van der Waals surface area (Å²) in [5.74, 6) is -1.72. The second-order valence-corrected chi connectivity index (χ2v) is 25.0. The van der Waals surface area contributed by atoms with Gasteiger partial charge in [0.1, 0.15) is 60.5 Å². The van der Waals surface area contributed by atoms with Crippen LogP contribution >= 0.6 is 0 Å². The molecule has 0 aromatic rings. The van der Waals surface area contributed by atoms with Gasteiger partial charge in [-0.15, -0.1) is 0 Å². The molecule has 8 aliphatic rings. The summed E-state index contributed by atoms with van der Waals surface area (Å²) < 4.78 is 36.2. The smallest absolute Gasteiger partial charge is 0.317 e. The molecule has 73 heavy (non-hydrogen) atoms. The molecule has 5 aliphatic carbocycles. The summed E-state index contributed by atoms with van der Waals surface area (Å²) in [7, 11) is 0. The minimum absolute atomic E-state index is 0.0375. The summed E-state index contributed by atoms with van der Waals surface area (Å²) in [6.45, 7) is 13.8. The summed E-state index contributed by atoms with van der Waals surface area (Å²) in [5, 5.41) is 104. The molecular formula is C53H86N2O18. The number of carbonyl (C=O) groups excluding carboxylic acids is 3. The maximum Gasteiger partial charge on any atom is 0.317 e. The Balaban J connectivity index is 1.10. The van der Waals surface area contributed by atoms with Crippen molar-refractivity contribution in [3.8, 4) is 0 Å². The maximum atomic E-state index is 15.6. The maximum absolute atomic E-state index is 15.6. The quantitative estimate of drug-likeness (QED) is 0.0491. The number of hydrogen-bond acceptors (Lipinski definition) is 19. The highest BCUT2D eigenvalue weighted by atomic mass is 16.8. The van der Waals surface area contributed by atoms with Gasteiger partial charge in [0.05, 0.1) is 43.0 Å². The van der Waals surface area contributed by atoms with E-state index in [1.54, 1.807) is 0 Å². The summed E-state index contributed by atoms with van der Waals surface area (Å²) in [4.78, 5) is 41.7. The molecule has 1 amide bonds. The number of aliphatic hydroxyl groups excluding tert-OH is 9. The predicted octanol–water partition coefficient (Wildman–Crippen LogP) is 0.600. The summed E-state index contributed by atoms with van der Waals surface area (Å²) in [6, 6.07) is -1.34. The van der Waals surface area contributed by atoms with Gasteiger partial charge < -0.3 is 90.2 Å². The summed E-state index contributed by atoms with van der Waals surface area (Å²) >= 11 is 0. The van der Waals surface area contributed by atoms with Crippen molar-refractivity contribution in [3.05, 3.63) is 11.6 Å². The van der Waals surface area contributed by atoms with Crippen molar-refractivity contribution in [2.75, 3.05) is 19.8 Å². The zero-order valence-corrected chi connectivity index (χ0v) is 43.7. The van der Waals surface area contributed by atoms with Gasteiger partial charge in [-0.1, -0.05) is 59.6 Å². The van der Waals surface area contributed by atoms with Crippen LogP contribution in [-0.2, 0) is 42.8 Å². The van der Waals surface area contributed by atoms with Gasteiger partial charge in [0, 0.05) is 6.42 Å². The Kier molecular flexibility index (Phi) is 16.5. The minimum atomic E-state index is -1.93. The Morgan fingerprint density at radius 1 is 0.781 bits per heavy atom. The van der Waals surface area contributed by atoms with E-state index in [2.05, 4.69) is 46.0 Å². The molecule has 12 N–H and O–H groups in total. The van der Waals surface area contributed by atoms with Crippen LogP contribution in [0.4, 0.5) is 0 Å². The number of nitrogens with two attached hydrogens (primary N) is 1. The van der Waals surface area contributed by atoms with E-state index < -0.39 is 145 Å². The number of unbranched alkanes of at least 4 members (excludes halogenated alkanes) is 2. The first kappa shape index (κ1) is 56.9. The van der Waals surface area contributed by atoms with Gasteiger partial charge in [-0.2, -0.15) is 0 Å². The van der Waals surface area contributed by atoms with Crippen molar-refractivity contribution in [1.29, 1.82) is 0 Å². The molecule has 3 aliphatic heterocycles. The molecule has 0 aromatic heterocycles. The average Bonchev–Trinajstić information content (AvgIpc) is 3.33. The minimum Gasteiger partial charge on any atom is -0.432 e. The fraction of sp³-hybridized carbons (Fsp3) is 0.906. The van der Waals surface area contributed by atoms with E-state index in [1.807, 2.05) is 6.92 Å². The fourth-order valence-electron chi connectivity index (χ4n) is 15.7. The Morgan fingerprint density at radius 3 is 2.16 bits per heavy atom. The first-order valence-electron chi connectivity index (χ1n) is 26.9. The molecule has 0 bridgehead atoms. The van der Waals surface area contributed by atoms with E-state index in [0.717, 1.165) is 31.1 Å². The number of amides is 1. The number of fused-ring (bicyclic) bond motifs is 7. The van der Waals surface area contributed by atoms with Crippen LogP contribution < -0.4 is 11.1 Å². The van der Waals surface area contributed by atoms with Crippen LogP contribution in [0.25, 0.3) is 0 Å². The lowest BCUT2D eigenvalue weighted by molar-refractivity contribution is -0.370. The third-order valence-corrected chi connectivity index (χ3v) is 20.3. The van der Waals surface area contributed by atoms with Crippen molar-refractivity contribution in [2.24, 2.45) is 56.0 Å². The molecule has 24 atom stereocenters. The zero-order chi connectivity index (χ0) is 53.4. The second-order valence-electron chi connectivity index (χ2n) is 25.0. The lowest BCUT2D eigenvalue weighted by atomic mass is 9.33. The monoisotopic (exact) mass is 1040 g/mol. The van der Waals surface area contributed by atoms with E-state index in [-0.39, 0.29) is 47.3 Å². The molecule has 416 valence electrons. The molecule has 20 heteroatoms. The Morgan fingerprint density at radius 2 is 1.48 bits per heavy atom. The fourth-order valence-corrected chi connectivity index (χ4v) is 15.7. The molecule has 8 rings (SSSR count).